The molecule has 1 atom stereocenters. The molecular formula is C20H26FN3O. The molecule has 3 rings (SSSR count). The van der Waals surface area contributed by atoms with Crippen molar-refractivity contribution in [3.63, 3.8) is 0 Å². The molecule has 1 aliphatic heterocycles. The zero-order valence-electron chi connectivity index (χ0n) is 14.8. The SMILES string of the molecule is COCc1ncc(CN2CCC[C@@H](CCc3ccccc3F)C2)cn1. The number of hydrogen-bond acceptors (Lipinski definition) is 4. The molecule has 1 saturated heterocycles. The van der Waals surface area contributed by atoms with Gasteiger partial charge in [-0.1, -0.05) is 18.2 Å². The number of halogens is 1. The quantitative estimate of drug-likeness (QED) is 0.770. The summed E-state index contributed by atoms with van der Waals surface area (Å²) in [6.07, 6.45) is 8.08. The van der Waals surface area contributed by atoms with Gasteiger partial charge in [0.15, 0.2) is 5.82 Å². The molecule has 5 heteroatoms. The molecule has 1 aromatic heterocycles. The molecular weight excluding hydrogens is 317 g/mol. The van der Waals surface area contributed by atoms with Crippen molar-refractivity contribution in [1.29, 1.82) is 0 Å². The molecule has 0 bridgehead atoms. The fraction of sp³-hybridized carbons (Fsp3) is 0.500. The third kappa shape index (κ3) is 5.31. The normalized spacial score (nSPS) is 18.4. The van der Waals surface area contributed by atoms with E-state index in [-0.39, 0.29) is 5.82 Å². The lowest BCUT2D eigenvalue weighted by Crippen LogP contribution is -2.35. The molecule has 1 aromatic carbocycles. The molecule has 0 amide bonds. The van der Waals surface area contributed by atoms with Gasteiger partial charge in [0.2, 0.25) is 0 Å². The van der Waals surface area contributed by atoms with Crippen LogP contribution in [0.25, 0.3) is 0 Å². The molecule has 4 nitrogen and oxygen atoms in total. The summed E-state index contributed by atoms with van der Waals surface area (Å²) < 4.78 is 18.8. The smallest absolute Gasteiger partial charge is 0.153 e. The lowest BCUT2D eigenvalue weighted by Gasteiger charge is -2.32. The summed E-state index contributed by atoms with van der Waals surface area (Å²) in [6, 6.07) is 7.12. The first-order valence-electron chi connectivity index (χ1n) is 8.99. The number of nitrogens with zero attached hydrogens (tertiary/aromatic N) is 3. The molecule has 0 unspecified atom stereocenters. The zero-order valence-corrected chi connectivity index (χ0v) is 14.8. The van der Waals surface area contributed by atoms with E-state index in [1.165, 1.54) is 12.8 Å². The molecule has 0 spiro atoms. The summed E-state index contributed by atoms with van der Waals surface area (Å²) in [5.74, 6) is 1.26. The van der Waals surface area contributed by atoms with Gasteiger partial charge in [-0.15, -0.1) is 0 Å². The topological polar surface area (TPSA) is 38.2 Å². The third-order valence-corrected chi connectivity index (χ3v) is 4.82. The van der Waals surface area contributed by atoms with E-state index in [9.17, 15) is 4.39 Å². The molecule has 1 aliphatic rings. The molecule has 0 saturated carbocycles. The minimum Gasteiger partial charge on any atom is -0.377 e. The van der Waals surface area contributed by atoms with Crippen molar-refractivity contribution in [2.75, 3.05) is 20.2 Å². The van der Waals surface area contributed by atoms with Crippen molar-refractivity contribution >= 4 is 0 Å². The van der Waals surface area contributed by atoms with Crippen molar-refractivity contribution in [3.05, 3.63) is 59.4 Å². The Balaban J connectivity index is 1.50. The van der Waals surface area contributed by atoms with Gasteiger partial charge in [0.1, 0.15) is 12.4 Å². The predicted octanol–water partition coefficient (Wildman–Crippen LogP) is 3.61. The molecule has 0 aliphatic carbocycles. The summed E-state index contributed by atoms with van der Waals surface area (Å²) in [6.45, 7) is 3.50. The summed E-state index contributed by atoms with van der Waals surface area (Å²) >= 11 is 0. The second kappa shape index (κ2) is 9.02. The fourth-order valence-electron chi connectivity index (χ4n) is 3.52. The van der Waals surface area contributed by atoms with Gasteiger partial charge in [-0.25, -0.2) is 14.4 Å². The molecule has 0 radical (unpaired) electrons. The Labute approximate surface area is 149 Å². The van der Waals surface area contributed by atoms with Gasteiger partial charge >= 0.3 is 0 Å². The van der Waals surface area contributed by atoms with Gasteiger partial charge in [-0.3, -0.25) is 4.90 Å². The molecule has 0 N–H and O–H groups in total. The van der Waals surface area contributed by atoms with Crippen molar-refractivity contribution in [2.45, 2.75) is 38.8 Å². The van der Waals surface area contributed by atoms with Gasteiger partial charge in [-0.05, 0) is 49.8 Å². The third-order valence-electron chi connectivity index (χ3n) is 4.82. The summed E-state index contributed by atoms with van der Waals surface area (Å²) in [4.78, 5) is 11.1. The maximum atomic E-state index is 13.8. The van der Waals surface area contributed by atoms with Crippen molar-refractivity contribution in [3.8, 4) is 0 Å². The van der Waals surface area contributed by atoms with Gasteiger partial charge < -0.3 is 4.74 Å². The number of ether oxygens (including phenoxy) is 1. The van der Waals surface area contributed by atoms with E-state index in [1.54, 1.807) is 19.2 Å². The van der Waals surface area contributed by atoms with E-state index < -0.39 is 0 Å². The minimum absolute atomic E-state index is 0.0801. The number of rotatable bonds is 7. The lowest BCUT2D eigenvalue weighted by molar-refractivity contribution is 0.161. The average Bonchev–Trinajstić information content (AvgIpc) is 2.63. The summed E-state index contributed by atoms with van der Waals surface area (Å²) in [5, 5.41) is 0. The maximum absolute atomic E-state index is 13.8. The Hall–Kier alpha value is -1.85. The van der Waals surface area contributed by atoms with Crippen LogP contribution in [0.15, 0.2) is 36.7 Å². The van der Waals surface area contributed by atoms with Gasteiger partial charge in [0.25, 0.3) is 0 Å². The van der Waals surface area contributed by atoms with E-state index >= 15 is 0 Å². The van der Waals surface area contributed by atoms with E-state index in [4.69, 9.17) is 4.74 Å². The number of hydrogen-bond donors (Lipinski definition) is 0. The van der Waals surface area contributed by atoms with Crippen LogP contribution >= 0.6 is 0 Å². The monoisotopic (exact) mass is 343 g/mol. The first-order valence-corrected chi connectivity index (χ1v) is 8.99. The highest BCUT2D eigenvalue weighted by Crippen LogP contribution is 2.23. The first-order chi connectivity index (χ1) is 12.2. The van der Waals surface area contributed by atoms with E-state index in [0.717, 1.165) is 43.6 Å². The van der Waals surface area contributed by atoms with Crippen LogP contribution < -0.4 is 0 Å². The number of methoxy groups -OCH3 is 1. The molecule has 25 heavy (non-hydrogen) atoms. The molecule has 1 fully saturated rings. The van der Waals surface area contributed by atoms with Crippen LogP contribution in [-0.4, -0.2) is 35.1 Å². The van der Waals surface area contributed by atoms with Crippen LogP contribution in [0.5, 0.6) is 0 Å². The zero-order chi connectivity index (χ0) is 17.5. The first kappa shape index (κ1) is 18.0. The van der Waals surface area contributed by atoms with E-state index in [1.807, 2.05) is 24.5 Å². The molecule has 134 valence electrons. The average molecular weight is 343 g/mol. The Kier molecular flexibility index (Phi) is 6.48. The second-order valence-electron chi connectivity index (χ2n) is 6.81. The molecule has 2 aromatic rings. The number of aromatic nitrogens is 2. The van der Waals surface area contributed by atoms with Crippen LogP contribution in [0.3, 0.4) is 0 Å². The molecule has 2 heterocycles. The van der Waals surface area contributed by atoms with Crippen LogP contribution in [-0.2, 0) is 24.3 Å². The van der Waals surface area contributed by atoms with Crippen molar-refractivity contribution in [1.82, 2.24) is 14.9 Å². The number of aryl methyl sites for hydroxylation is 1. The van der Waals surface area contributed by atoms with Gasteiger partial charge in [-0.2, -0.15) is 0 Å². The largest absolute Gasteiger partial charge is 0.377 e. The highest BCUT2D eigenvalue weighted by molar-refractivity contribution is 5.17. The highest BCUT2D eigenvalue weighted by Gasteiger charge is 2.20. The Bertz CT molecular complexity index is 662. The summed E-state index contributed by atoms with van der Waals surface area (Å²) in [5.41, 5.74) is 1.97. The Morgan fingerprint density at radius 3 is 2.80 bits per heavy atom. The highest BCUT2D eigenvalue weighted by atomic mass is 19.1. The number of piperidine rings is 1. The van der Waals surface area contributed by atoms with Crippen LogP contribution in [0.4, 0.5) is 4.39 Å². The number of likely N-dealkylation sites (tertiary alicyclic amines) is 1. The van der Waals surface area contributed by atoms with Gasteiger partial charge in [0, 0.05) is 38.2 Å². The minimum atomic E-state index is -0.0801. The second-order valence-corrected chi connectivity index (χ2v) is 6.81. The Morgan fingerprint density at radius 2 is 2.04 bits per heavy atom. The van der Waals surface area contributed by atoms with E-state index in [0.29, 0.717) is 18.3 Å². The predicted molar refractivity (Wildman–Crippen MR) is 95.5 cm³/mol. The Morgan fingerprint density at radius 1 is 1.24 bits per heavy atom. The van der Waals surface area contributed by atoms with Crippen LogP contribution in [0.1, 0.15) is 36.2 Å². The maximum Gasteiger partial charge on any atom is 0.153 e. The number of benzene rings is 1. The standard InChI is InChI=1S/C20H26FN3O/c1-25-15-20-22-11-17(12-23-20)14-24-10-4-5-16(13-24)8-9-18-6-2-3-7-19(18)21/h2-3,6-7,11-12,16H,4-5,8-10,13-15H2,1H3/t16-/m0/s1. The summed E-state index contributed by atoms with van der Waals surface area (Å²) in [7, 11) is 1.65. The van der Waals surface area contributed by atoms with E-state index in [2.05, 4.69) is 14.9 Å². The van der Waals surface area contributed by atoms with Crippen LogP contribution in [0, 0.1) is 11.7 Å². The fourth-order valence-corrected chi connectivity index (χ4v) is 3.52. The lowest BCUT2D eigenvalue weighted by atomic mass is 9.91. The van der Waals surface area contributed by atoms with Gasteiger partial charge in [0.05, 0.1) is 0 Å². The van der Waals surface area contributed by atoms with Crippen LogP contribution in [0.2, 0.25) is 0 Å². The van der Waals surface area contributed by atoms with Crippen molar-refractivity contribution in [2.24, 2.45) is 5.92 Å². The van der Waals surface area contributed by atoms with Crippen molar-refractivity contribution < 1.29 is 9.13 Å².